The second kappa shape index (κ2) is 8.64. The van der Waals surface area contributed by atoms with Crippen molar-refractivity contribution in [2.75, 3.05) is 20.2 Å². The van der Waals surface area contributed by atoms with E-state index in [-0.39, 0.29) is 11.9 Å². The van der Waals surface area contributed by atoms with Crippen molar-refractivity contribution < 1.29 is 14.6 Å². The maximum atomic E-state index is 11.5. The summed E-state index contributed by atoms with van der Waals surface area (Å²) in [5, 5.41) is 16.1. The van der Waals surface area contributed by atoms with Gasteiger partial charge in [-0.25, -0.2) is 0 Å². The Bertz CT molecular complexity index is 461. The van der Waals surface area contributed by atoms with Crippen molar-refractivity contribution in [2.45, 2.75) is 39.3 Å². The summed E-state index contributed by atoms with van der Waals surface area (Å²) in [7, 11) is 1.59. The van der Waals surface area contributed by atoms with E-state index >= 15 is 0 Å². The van der Waals surface area contributed by atoms with Crippen LogP contribution in [0.15, 0.2) is 18.2 Å². The van der Waals surface area contributed by atoms with E-state index in [0.717, 1.165) is 11.1 Å². The predicted octanol–water partition coefficient (Wildman–Crippen LogP) is 1.54. The van der Waals surface area contributed by atoms with Gasteiger partial charge in [-0.2, -0.15) is 0 Å². The molecule has 0 heterocycles. The minimum atomic E-state index is -0.659. The zero-order valence-electron chi connectivity index (χ0n) is 13.3. The first kappa shape index (κ1) is 17.5. The van der Waals surface area contributed by atoms with Gasteiger partial charge in [0.05, 0.1) is 13.2 Å². The van der Waals surface area contributed by atoms with Gasteiger partial charge >= 0.3 is 0 Å². The smallest absolute Gasteiger partial charge is 0.221 e. The molecule has 21 heavy (non-hydrogen) atoms. The maximum absolute atomic E-state index is 11.5. The van der Waals surface area contributed by atoms with Gasteiger partial charge in [0.15, 0.2) is 0 Å². The summed E-state index contributed by atoms with van der Waals surface area (Å²) in [5.41, 5.74) is 1.83. The highest BCUT2D eigenvalue weighted by Crippen LogP contribution is 2.25. The van der Waals surface area contributed by atoms with E-state index in [1.54, 1.807) is 7.11 Å². The van der Waals surface area contributed by atoms with Crippen LogP contribution in [0.2, 0.25) is 0 Å². The third kappa shape index (κ3) is 6.14. The Morgan fingerprint density at radius 2 is 2.10 bits per heavy atom. The number of methoxy groups -OCH3 is 1. The first-order valence-corrected chi connectivity index (χ1v) is 7.26. The third-order valence-corrected chi connectivity index (χ3v) is 3.06. The molecular weight excluding hydrogens is 268 g/mol. The number of amides is 1. The fourth-order valence-corrected chi connectivity index (χ4v) is 2.06. The Balaban J connectivity index is 2.42. The van der Waals surface area contributed by atoms with Crippen molar-refractivity contribution >= 4 is 5.91 Å². The molecule has 1 aromatic carbocycles. The fourth-order valence-electron chi connectivity index (χ4n) is 2.06. The first-order valence-electron chi connectivity index (χ1n) is 7.26. The Morgan fingerprint density at radius 3 is 2.71 bits per heavy atom. The Labute approximate surface area is 126 Å². The molecule has 0 aliphatic heterocycles. The summed E-state index contributed by atoms with van der Waals surface area (Å²) in [6.07, 6.45) is -0.261. The van der Waals surface area contributed by atoms with Gasteiger partial charge in [0.1, 0.15) is 5.75 Å². The van der Waals surface area contributed by atoms with E-state index in [4.69, 9.17) is 4.74 Å². The molecule has 0 radical (unpaired) electrons. The molecular formula is C16H26N2O3. The summed E-state index contributed by atoms with van der Waals surface area (Å²) in [6.45, 7) is 6.75. The maximum Gasteiger partial charge on any atom is 0.221 e. The molecule has 1 amide bonds. The van der Waals surface area contributed by atoms with Crippen LogP contribution in [-0.4, -0.2) is 37.3 Å². The number of benzene rings is 1. The third-order valence-electron chi connectivity index (χ3n) is 3.06. The van der Waals surface area contributed by atoms with E-state index in [1.165, 1.54) is 0 Å². The van der Waals surface area contributed by atoms with Crippen LogP contribution >= 0.6 is 0 Å². The fraction of sp³-hybridized carbons (Fsp3) is 0.562. The molecule has 3 N–H and O–H groups in total. The van der Waals surface area contributed by atoms with Gasteiger partial charge < -0.3 is 20.5 Å². The van der Waals surface area contributed by atoms with Gasteiger partial charge in [-0.05, 0) is 32.9 Å². The van der Waals surface area contributed by atoms with Crippen molar-refractivity contribution in [1.29, 1.82) is 0 Å². The highest BCUT2D eigenvalue weighted by Gasteiger charge is 2.13. The summed E-state index contributed by atoms with van der Waals surface area (Å²) in [5.74, 6) is 0.688. The van der Waals surface area contributed by atoms with Gasteiger partial charge in [-0.3, -0.25) is 4.79 Å². The van der Waals surface area contributed by atoms with Crippen LogP contribution in [0.1, 0.15) is 37.5 Å². The summed E-state index contributed by atoms with van der Waals surface area (Å²) >= 11 is 0. The van der Waals surface area contributed by atoms with Crippen LogP contribution in [0.3, 0.4) is 0 Å². The lowest BCUT2D eigenvalue weighted by Gasteiger charge is -2.16. The van der Waals surface area contributed by atoms with Gasteiger partial charge in [0, 0.05) is 31.1 Å². The molecule has 0 aliphatic carbocycles. The second-order valence-corrected chi connectivity index (χ2v) is 5.44. The monoisotopic (exact) mass is 294 g/mol. The van der Waals surface area contributed by atoms with Gasteiger partial charge in [0.2, 0.25) is 5.91 Å². The molecule has 0 fully saturated rings. The van der Waals surface area contributed by atoms with Crippen LogP contribution in [-0.2, 0) is 4.79 Å². The Morgan fingerprint density at radius 1 is 1.38 bits per heavy atom. The largest absolute Gasteiger partial charge is 0.496 e. The number of hydrogen-bond acceptors (Lipinski definition) is 4. The van der Waals surface area contributed by atoms with Crippen LogP contribution in [0.5, 0.6) is 5.75 Å². The average molecular weight is 294 g/mol. The highest BCUT2D eigenvalue weighted by atomic mass is 16.5. The number of nitrogens with one attached hydrogen (secondary N) is 2. The number of aliphatic hydroxyl groups is 1. The number of aryl methyl sites for hydroxylation is 1. The van der Waals surface area contributed by atoms with Crippen LogP contribution in [0, 0.1) is 6.92 Å². The average Bonchev–Trinajstić information content (AvgIpc) is 2.42. The van der Waals surface area contributed by atoms with E-state index in [1.807, 2.05) is 39.0 Å². The molecule has 1 aromatic rings. The minimum Gasteiger partial charge on any atom is -0.496 e. The van der Waals surface area contributed by atoms with E-state index < -0.39 is 6.10 Å². The minimum absolute atomic E-state index is 0.0140. The highest BCUT2D eigenvalue weighted by molar-refractivity contribution is 5.76. The predicted molar refractivity (Wildman–Crippen MR) is 83.5 cm³/mol. The molecule has 0 saturated heterocycles. The number of hydrogen-bond donors (Lipinski definition) is 3. The van der Waals surface area contributed by atoms with Crippen molar-refractivity contribution in [1.82, 2.24) is 10.6 Å². The van der Waals surface area contributed by atoms with Gasteiger partial charge in [-0.15, -0.1) is 0 Å². The van der Waals surface area contributed by atoms with Crippen molar-refractivity contribution in [3.05, 3.63) is 29.3 Å². The number of rotatable bonds is 8. The number of ether oxygens (including phenoxy) is 1. The Kier molecular flexibility index (Phi) is 7.19. The summed E-state index contributed by atoms with van der Waals surface area (Å²) in [4.78, 5) is 11.5. The molecule has 1 unspecified atom stereocenters. The lowest BCUT2D eigenvalue weighted by atomic mass is 10.1. The summed E-state index contributed by atoms with van der Waals surface area (Å²) < 4.78 is 5.26. The van der Waals surface area contributed by atoms with Gasteiger partial charge in [-0.1, -0.05) is 11.6 Å². The molecule has 0 bridgehead atoms. The second-order valence-electron chi connectivity index (χ2n) is 5.44. The quantitative estimate of drug-likeness (QED) is 0.636. The first-order chi connectivity index (χ1) is 9.93. The molecule has 5 heteroatoms. The molecule has 1 rings (SSSR count). The lowest BCUT2D eigenvalue weighted by molar-refractivity contribution is -0.121. The van der Waals surface area contributed by atoms with Crippen LogP contribution in [0.25, 0.3) is 0 Å². The molecule has 1 atom stereocenters. The molecule has 118 valence electrons. The zero-order valence-corrected chi connectivity index (χ0v) is 13.3. The van der Waals surface area contributed by atoms with E-state index in [2.05, 4.69) is 10.6 Å². The van der Waals surface area contributed by atoms with E-state index in [0.29, 0.717) is 25.3 Å². The lowest BCUT2D eigenvalue weighted by Crippen LogP contribution is -2.33. The zero-order chi connectivity index (χ0) is 15.8. The SMILES string of the molecule is COc1ccc(C)cc1C(O)CNCCC(=O)NC(C)C. The van der Waals surface area contributed by atoms with Crippen LogP contribution < -0.4 is 15.4 Å². The number of carbonyl (C=O) groups is 1. The van der Waals surface area contributed by atoms with Crippen molar-refractivity contribution in [3.8, 4) is 5.75 Å². The van der Waals surface area contributed by atoms with Crippen molar-refractivity contribution in [2.24, 2.45) is 0 Å². The molecule has 0 aromatic heterocycles. The molecule has 0 saturated carbocycles. The van der Waals surface area contributed by atoms with Gasteiger partial charge in [0.25, 0.3) is 0 Å². The topological polar surface area (TPSA) is 70.6 Å². The van der Waals surface area contributed by atoms with Crippen molar-refractivity contribution in [3.63, 3.8) is 0 Å². The summed E-state index contributed by atoms with van der Waals surface area (Å²) in [6, 6.07) is 5.86. The molecule has 0 spiro atoms. The van der Waals surface area contributed by atoms with E-state index in [9.17, 15) is 9.90 Å². The molecule has 5 nitrogen and oxygen atoms in total. The standard InChI is InChI=1S/C16H26N2O3/c1-11(2)18-16(20)7-8-17-10-14(19)13-9-12(3)5-6-15(13)21-4/h5-6,9,11,14,17,19H,7-8,10H2,1-4H3,(H,18,20). The molecule has 0 aliphatic rings. The van der Waals surface area contributed by atoms with Crippen LogP contribution in [0.4, 0.5) is 0 Å². The number of aliphatic hydroxyl groups excluding tert-OH is 1. The Hall–Kier alpha value is -1.59. The number of carbonyl (C=O) groups excluding carboxylic acids is 1. The normalized spacial score (nSPS) is 12.3.